The molecule has 0 amide bonds. The van der Waals surface area contributed by atoms with Crippen LogP contribution in [0.3, 0.4) is 0 Å². The fourth-order valence-electron chi connectivity index (χ4n) is 2.31. The van der Waals surface area contributed by atoms with E-state index < -0.39 is 6.10 Å². The molecule has 0 saturated carbocycles. The van der Waals surface area contributed by atoms with Crippen LogP contribution in [0.2, 0.25) is 0 Å². The third kappa shape index (κ3) is 3.79. The Hall–Kier alpha value is -2.02. The molecule has 0 fully saturated rings. The maximum atomic E-state index is 10.2. The Bertz CT molecular complexity index is 655. The largest absolute Gasteiger partial charge is 0.390 e. The first-order chi connectivity index (χ1) is 10.8. The van der Waals surface area contributed by atoms with Gasteiger partial charge in [0.2, 0.25) is 0 Å². The van der Waals surface area contributed by atoms with Crippen LogP contribution in [-0.4, -0.2) is 32.5 Å². The number of hydrogen-bond donors (Lipinski definition) is 2. The van der Waals surface area contributed by atoms with E-state index in [9.17, 15) is 5.11 Å². The van der Waals surface area contributed by atoms with Gasteiger partial charge in [0.25, 0.3) is 0 Å². The minimum absolute atomic E-state index is 0.00604. The molecule has 3 aromatic rings. The quantitative estimate of drug-likeness (QED) is 0.701. The van der Waals surface area contributed by atoms with Crippen molar-refractivity contribution in [1.29, 1.82) is 0 Å². The molecule has 2 aromatic heterocycles. The molecule has 6 heteroatoms. The van der Waals surface area contributed by atoms with E-state index in [2.05, 4.69) is 27.5 Å². The molecule has 1 aromatic carbocycles. The standard InChI is InChI=1S/C16H18N4OS/c21-14(12-20-9-4-7-19-20)11-18-15(16-17-8-10-22-16)13-5-2-1-3-6-13/h1-10,14-15,18,21H,11-12H2. The molecule has 0 saturated heterocycles. The summed E-state index contributed by atoms with van der Waals surface area (Å²) in [5, 5.41) is 20.7. The number of nitrogens with one attached hydrogen (secondary N) is 1. The van der Waals surface area contributed by atoms with Gasteiger partial charge in [0.1, 0.15) is 5.01 Å². The van der Waals surface area contributed by atoms with Gasteiger partial charge >= 0.3 is 0 Å². The minimum Gasteiger partial charge on any atom is -0.390 e. The van der Waals surface area contributed by atoms with Crippen LogP contribution in [0.5, 0.6) is 0 Å². The van der Waals surface area contributed by atoms with E-state index >= 15 is 0 Å². The van der Waals surface area contributed by atoms with Crippen LogP contribution >= 0.6 is 11.3 Å². The van der Waals surface area contributed by atoms with Crippen LogP contribution in [-0.2, 0) is 6.54 Å². The average molecular weight is 314 g/mol. The monoisotopic (exact) mass is 314 g/mol. The number of aliphatic hydroxyl groups is 1. The molecule has 5 nitrogen and oxygen atoms in total. The molecule has 3 rings (SSSR count). The van der Waals surface area contributed by atoms with Gasteiger partial charge in [0.05, 0.1) is 18.7 Å². The van der Waals surface area contributed by atoms with Gasteiger partial charge in [-0.05, 0) is 11.6 Å². The summed E-state index contributed by atoms with van der Waals surface area (Å²) in [5.41, 5.74) is 1.14. The Morgan fingerprint density at radius 2 is 2.05 bits per heavy atom. The summed E-state index contributed by atoms with van der Waals surface area (Å²) >= 11 is 1.61. The number of hydrogen-bond acceptors (Lipinski definition) is 5. The van der Waals surface area contributed by atoms with E-state index in [4.69, 9.17) is 0 Å². The van der Waals surface area contributed by atoms with E-state index in [0.29, 0.717) is 13.1 Å². The summed E-state index contributed by atoms with van der Waals surface area (Å²) < 4.78 is 1.73. The normalized spacial score (nSPS) is 13.9. The lowest BCUT2D eigenvalue weighted by atomic mass is 10.1. The smallest absolute Gasteiger partial charge is 0.114 e. The van der Waals surface area contributed by atoms with Crippen LogP contribution in [0.15, 0.2) is 60.4 Å². The second-order valence-corrected chi connectivity index (χ2v) is 5.93. The molecule has 22 heavy (non-hydrogen) atoms. The summed E-state index contributed by atoms with van der Waals surface area (Å²) in [6, 6.07) is 12.0. The highest BCUT2D eigenvalue weighted by atomic mass is 32.1. The maximum Gasteiger partial charge on any atom is 0.114 e. The molecule has 0 radical (unpaired) electrons. The predicted octanol–water partition coefficient (Wildman–Crippen LogP) is 2.08. The molecule has 2 unspecified atom stereocenters. The predicted molar refractivity (Wildman–Crippen MR) is 86.6 cm³/mol. The van der Waals surface area contributed by atoms with Gasteiger partial charge in [-0.25, -0.2) is 4.98 Å². The lowest BCUT2D eigenvalue weighted by molar-refractivity contribution is 0.144. The van der Waals surface area contributed by atoms with Gasteiger partial charge in [0.15, 0.2) is 0 Å². The Kier molecular flexibility index (Phi) is 4.95. The molecule has 0 aliphatic carbocycles. The highest BCUT2D eigenvalue weighted by molar-refractivity contribution is 7.09. The Balaban J connectivity index is 1.66. The zero-order chi connectivity index (χ0) is 15.2. The lowest BCUT2D eigenvalue weighted by Gasteiger charge is -2.19. The zero-order valence-electron chi connectivity index (χ0n) is 12.0. The molecule has 2 heterocycles. The van der Waals surface area contributed by atoms with E-state index in [1.165, 1.54) is 0 Å². The number of aromatic nitrogens is 3. The van der Waals surface area contributed by atoms with Crippen molar-refractivity contribution < 1.29 is 5.11 Å². The maximum absolute atomic E-state index is 10.2. The van der Waals surface area contributed by atoms with E-state index in [1.54, 1.807) is 28.4 Å². The van der Waals surface area contributed by atoms with Crippen molar-refractivity contribution in [3.63, 3.8) is 0 Å². The van der Waals surface area contributed by atoms with Gasteiger partial charge in [-0.1, -0.05) is 30.3 Å². The van der Waals surface area contributed by atoms with Crippen molar-refractivity contribution in [3.8, 4) is 0 Å². The number of thiazole rings is 1. The van der Waals surface area contributed by atoms with Gasteiger partial charge in [-0.15, -0.1) is 11.3 Å². The van der Waals surface area contributed by atoms with Crippen LogP contribution < -0.4 is 5.32 Å². The van der Waals surface area contributed by atoms with E-state index in [0.717, 1.165) is 10.6 Å². The van der Waals surface area contributed by atoms with Crippen LogP contribution in [0.1, 0.15) is 16.6 Å². The number of benzene rings is 1. The molecule has 2 atom stereocenters. The molecule has 2 N–H and O–H groups in total. The first-order valence-electron chi connectivity index (χ1n) is 7.16. The Labute approximate surface area is 133 Å². The summed E-state index contributed by atoms with van der Waals surface area (Å²) in [4.78, 5) is 4.40. The second-order valence-electron chi connectivity index (χ2n) is 5.00. The van der Waals surface area contributed by atoms with Crippen LogP contribution in [0, 0.1) is 0 Å². The first kappa shape index (κ1) is 14.9. The van der Waals surface area contributed by atoms with Crippen molar-refractivity contribution in [2.24, 2.45) is 0 Å². The average Bonchev–Trinajstić information content (AvgIpc) is 3.22. The fraction of sp³-hybridized carbons (Fsp3) is 0.250. The topological polar surface area (TPSA) is 63.0 Å². The van der Waals surface area contributed by atoms with Crippen molar-refractivity contribution in [1.82, 2.24) is 20.1 Å². The van der Waals surface area contributed by atoms with Gasteiger partial charge in [-0.3, -0.25) is 4.68 Å². The Morgan fingerprint density at radius 3 is 2.73 bits per heavy atom. The molecule has 0 aliphatic rings. The van der Waals surface area contributed by atoms with Crippen molar-refractivity contribution >= 4 is 11.3 Å². The molecule has 0 bridgehead atoms. The van der Waals surface area contributed by atoms with Crippen molar-refractivity contribution in [2.75, 3.05) is 6.54 Å². The molecule has 0 spiro atoms. The molecule has 0 aliphatic heterocycles. The van der Waals surface area contributed by atoms with Gasteiger partial charge < -0.3 is 10.4 Å². The van der Waals surface area contributed by atoms with E-state index in [-0.39, 0.29) is 6.04 Å². The SMILES string of the molecule is OC(CNC(c1ccccc1)c1nccs1)Cn1cccn1. The summed E-state index contributed by atoms with van der Waals surface area (Å²) in [7, 11) is 0. The fourth-order valence-corrected chi connectivity index (χ4v) is 3.05. The number of nitrogens with zero attached hydrogens (tertiary/aromatic N) is 3. The van der Waals surface area contributed by atoms with Gasteiger partial charge in [-0.2, -0.15) is 5.10 Å². The van der Waals surface area contributed by atoms with Crippen LogP contribution in [0.25, 0.3) is 0 Å². The first-order valence-corrected chi connectivity index (χ1v) is 8.04. The zero-order valence-corrected chi connectivity index (χ0v) is 12.9. The van der Waals surface area contributed by atoms with Crippen LogP contribution in [0.4, 0.5) is 0 Å². The second kappa shape index (κ2) is 7.31. The third-order valence-electron chi connectivity index (χ3n) is 3.35. The minimum atomic E-state index is -0.508. The third-order valence-corrected chi connectivity index (χ3v) is 4.19. The molecular formula is C16H18N4OS. The van der Waals surface area contributed by atoms with Gasteiger partial charge in [0, 0.05) is 30.5 Å². The summed E-state index contributed by atoms with van der Waals surface area (Å²) in [5.74, 6) is 0. The number of rotatable bonds is 7. The summed E-state index contributed by atoms with van der Waals surface area (Å²) in [6.45, 7) is 0.943. The molecule has 114 valence electrons. The molecular weight excluding hydrogens is 296 g/mol. The highest BCUT2D eigenvalue weighted by Crippen LogP contribution is 2.23. The summed E-state index contributed by atoms with van der Waals surface area (Å²) in [6.07, 6.45) is 4.85. The van der Waals surface area contributed by atoms with E-state index in [1.807, 2.05) is 35.8 Å². The lowest BCUT2D eigenvalue weighted by Crippen LogP contribution is -2.33. The highest BCUT2D eigenvalue weighted by Gasteiger charge is 2.17. The number of aliphatic hydroxyl groups excluding tert-OH is 1. The van der Waals surface area contributed by atoms with Crippen molar-refractivity contribution in [2.45, 2.75) is 18.7 Å². The Morgan fingerprint density at radius 1 is 1.18 bits per heavy atom. The van der Waals surface area contributed by atoms with Crippen molar-refractivity contribution in [3.05, 3.63) is 70.9 Å².